The number of piperazine rings is 1. The van der Waals surface area contributed by atoms with Crippen LogP contribution in [0.25, 0.3) is 0 Å². The average molecular weight is 372 g/mol. The van der Waals surface area contributed by atoms with Gasteiger partial charge in [0.05, 0.1) is 6.04 Å². The summed E-state index contributed by atoms with van der Waals surface area (Å²) in [7, 11) is -2.52. The number of carbonyl (C=O) groups excluding carboxylic acids is 2. The van der Waals surface area contributed by atoms with E-state index in [-0.39, 0.29) is 18.0 Å². The van der Waals surface area contributed by atoms with Crippen molar-refractivity contribution in [3.8, 4) is 0 Å². The number of hydrogen-bond acceptors (Lipinski definition) is 5. The first-order valence-electron chi connectivity index (χ1n) is 7.78. The van der Waals surface area contributed by atoms with Crippen LogP contribution in [0.2, 0.25) is 0 Å². The van der Waals surface area contributed by atoms with Gasteiger partial charge < -0.3 is 5.32 Å². The smallest absolute Gasteiger partial charge is 0.321 e. The molecule has 1 aromatic carbocycles. The van der Waals surface area contributed by atoms with Crippen molar-refractivity contribution in [1.82, 2.24) is 19.8 Å². The number of hydrogen-bond donors (Lipinski definition) is 2. The fraction of sp³-hybridized carbons (Fsp3) is 0.467. The van der Waals surface area contributed by atoms with Crippen LogP contribution in [-0.2, 0) is 14.8 Å². The Morgan fingerprint density at radius 2 is 1.76 bits per heavy atom. The van der Waals surface area contributed by atoms with E-state index in [1.165, 1.54) is 29.6 Å². The van der Waals surface area contributed by atoms with Crippen molar-refractivity contribution in [2.75, 3.05) is 33.2 Å². The van der Waals surface area contributed by atoms with Gasteiger partial charge in [-0.15, -0.1) is 0 Å². The van der Waals surface area contributed by atoms with E-state index in [0.29, 0.717) is 13.1 Å². The zero-order chi connectivity index (χ0) is 18.6. The van der Waals surface area contributed by atoms with Crippen LogP contribution in [0.15, 0.2) is 29.2 Å². The third kappa shape index (κ3) is 4.33. The molecular weight excluding hydrogens is 351 g/mol. The Morgan fingerprint density at radius 1 is 1.16 bits per heavy atom. The maximum atomic E-state index is 13.8. The fourth-order valence-electron chi connectivity index (χ4n) is 2.57. The zero-order valence-electron chi connectivity index (χ0n) is 14.0. The highest BCUT2D eigenvalue weighted by Crippen LogP contribution is 2.20. The molecule has 1 saturated heterocycles. The Hall–Kier alpha value is -2.04. The quantitative estimate of drug-likeness (QED) is 0.774. The second kappa shape index (κ2) is 7.89. The van der Waals surface area contributed by atoms with Gasteiger partial charge in [0.2, 0.25) is 15.9 Å². The van der Waals surface area contributed by atoms with Crippen LogP contribution in [0.5, 0.6) is 0 Å². The van der Waals surface area contributed by atoms with Gasteiger partial charge >= 0.3 is 6.03 Å². The number of halogens is 1. The molecule has 1 heterocycles. The van der Waals surface area contributed by atoms with Gasteiger partial charge in [-0.25, -0.2) is 17.6 Å². The maximum absolute atomic E-state index is 13.8. The number of sulfonamides is 1. The fourth-order valence-corrected chi connectivity index (χ4v) is 4.06. The van der Waals surface area contributed by atoms with Crippen molar-refractivity contribution in [3.63, 3.8) is 0 Å². The number of nitrogens with zero attached hydrogens (tertiary/aromatic N) is 2. The molecule has 25 heavy (non-hydrogen) atoms. The lowest BCUT2D eigenvalue weighted by Crippen LogP contribution is -2.56. The minimum Gasteiger partial charge on any atom is -0.341 e. The molecule has 1 aliphatic rings. The van der Waals surface area contributed by atoms with Gasteiger partial charge in [-0.3, -0.25) is 15.0 Å². The standard InChI is InChI=1S/C15H21FN4O4S/c1-11(14(21)18-15(22)17-2)19-7-9-20(10-8-19)25(23,24)13-6-4-3-5-12(13)16/h3-6,11H,7-10H2,1-2H3,(H2,17,18,21,22)/t11-/m1/s1. The lowest BCUT2D eigenvalue weighted by molar-refractivity contribution is -0.125. The van der Waals surface area contributed by atoms with Crippen LogP contribution in [-0.4, -0.2) is 68.8 Å². The second-order valence-electron chi connectivity index (χ2n) is 5.61. The van der Waals surface area contributed by atoms with Crippen LogP contribution in [0.1, 0.15) is 6.92 Å². The zero-order valence-corrected chi connectivity index (χ0v) is 14.8. The predicted octanol–water partition coefficient (Wildman–Crippen LogP) is -0.0239. The summed E-state index contributed by atoms with van der Waals surface area (Å²) in [6.07, 6.45) is 0. The molecule has 2 rings (SSSR count). The highest BCUT2D eigenvalue weighted by molar-refractivity contribution is 7.89. The van der Waals surface area contributed by atoms with E-state index in [1.807, 2.05) is 0 Å². The van der Waals surface area contributed by atoms with Crippen molar-refractivity contribution < 1.29 is 22.4 Å². The summed E-state index contributed by atoms with van der Waals surface area (Å²) < 4.78 is 40.1. The van der Waals surface area contributed by atoms with E-state index in [4.69, 9.17) is 0 Å². The number of imide groups is 1. The summed E-state index contributed by atoms with van der Waals surface area (Å²) in [5, 5.41) is 4.48. The summed E-state index contributed by atoms with van der Waals surface area (Å²) in [6, 6.07) is 4.05. The highest BCUT2D eigenvalue weighted by Gasteiger charge is 2.33. The normalized spacial score (nSPS) is 17.7. The number of amides is 3. The molecule has 3 amide bonds. The largest absolute Gasteiger partial charge is 0.341 e. The van der Waals surface area contributed by atoms with Gasteiger partial charge in [0, 0.05) is 33.2 Å². The summed E-state index contributed by atoms with van der Waals surface area (Å²) >= 11 is 0. The highest BCUT2D eigenvalue weighted by atomic mass is 32.2. The predicted molar refractivity (Wildman–Crippen MR) is 88.8 cm³/mol. The van der Waals surface area contributed by atoms with E-state index >= 15 is 0 Å². The van der Waals surface area contributed by atoms with E-state index in [0.717, 1.165) is 6.07 Å². The van der Waals surface area contributed by atoms with E-state index in [1.54, 1.807) is 11.8 Å². The molecule has 1 atom stereocenters. The van der Waals surface area contributed by atoms with Gasteiger partial charge in [-0.05, 0) is 19.1 Å². The third-order valence-corrected chi connectivity index (χ3v) is 6.05. The van der Waals surface area contributed by atoms with E-state index < -0.39 is 33.8 Å². The Kier molecular flexibility index (Phi) is 6.09. The Labute approximate surface area is 146 Å². The SMILES string of the molecule is CNC(=O)NC(=O)[C@@H](C)N1CCN(S(=O)(=O)c2ccccc2F)CC1. The maximum Gasteiger partial charge on any atom is 0.321 e. The summed E-state index contributed by atoms with van der Waals surface area (Å²) in [4.78, 5) is 24.6. The molecule has 138 valence electrons. The van der Waals surface area contributed by atoms with Crippen LogP contribution in [0.4, 0.5) is 9.18 Å². The summed E-state index contributed by atoms with van der Waals surface area (Å²) in [5.41, 5.74) is 0. The molecule has 0 bridgehead atoms. The monoisotopic (exact) mass is 372 g/mol. The van der Waals surface area contributed by atoms with Crippen LogP contribution in [0.3, 0.4) is 0 Å². The minimum atomic E-state index is -3.92. The molecule has 0 aromatic heterocycles. The summed E-state index contributed by atoms with van der Waals surface area (Å²) in [5.74, 6) is -1.26. The van der Waals surface area contributed by atoms with Crippen molar-refractivity contribution in [2.24, 2.45) is 0 Å². The van der Waals surface area contributed by atoms with Gasteiger partial charge in [0.15, 0.2) is 0 Å². The number of rotatable bonds is 4. The molecule has 0 saturated carbocycles. The molecular formula is C15H21FN4O4S. The molecule has 0 radical (unpaired) electrons. The molecule has 1 fully saturated rings. The number of nitrogens with one attached hydrogen (secondary N) is 2. The molecule has 10 heteroatoms. The number of benzene rings is 1. The van der Waals surface area contributed by atoms with Gasteiger partial charge in [-0.1, -0.05) is 12.1 Å². The van der Waals surface area contributed by atoms with Crippen LogP contribution < -0.4 is 10.6 Å². The Morgan fingerprint density at radius 3 is 2.32 bits per heavy atom. The molecule has 0 unspecified atom stereocenters. The molecule has 0 spiro atoms. The first-order valence-corrected chi connectivity index (χ1v) is 9.22. The van der Waals surface area contributed by atoms with E-state index in [9.17, 15) is 22.4 Å². The molecule has 1 aliphatic heterocycles. The number of carbonyl (C=O) groups is 2. The van der Waals surface area contributed by atoms with Crippen molar-refractivity contribution in [3.05, 3.63) is 30.1 Å². The van der Waals surface area contributed by atoms with Crippen LogP contribution in [0, 0.1) is 5.82 Å². The average Bonchev–Trinajstić information content (AvgIpc) is 2.61. The van der Waals surface area contributed by atoms with Crippen LogP contribution >= 0.6 is 0 Å². The van der Waals surface area contributed by atoms with Crippen molar-refractivity contribution in [1.29, 1.82) is 0 Å². The first kappa shape index (κ1) is 19.3. The summed E-state index contributed by atoms with van der Waals surface area (Å²) in [6.45, 7) is 2.51. The lowest BCUT2D eigenvalue weighted by Gasteiger charge is -2.36. The van der Waals surface area contributed by atoms with Crippen molar-refractivity contribution >= 4 is 22.0 Å². The van der Waals surface area contributed by atoms with E-state index in [2.05, 4.69) is 10.6 Å². The van der Waals surface area contributed by atoms with Gasteiger partial charge in [0.25, 0.3) is 0 Å². The van der Waals surface area contributed by atoms with Gasteiger partial charge in [-0.2, -0.15) is 4.31 Å². The molecule has 8 nitrogen and oxygen atoms in total. The number of urea groups is 1. The topological polar surface area (TPSA) is 98.8 Å². The minimum absolute atomic E-state index is 0.133. The van der Waals surface area contributed by atoms with Crippen molar-refractivity contribution in [2.45, 2.75) is 17.9 Å². The molecule has 0 aliphatic carbocycles. The van der Waals surface area contributed by atoms with Gasteiger partial charge in [0.1, 0.15) is 10.7 Å². The lowest BCUT2D eigenvalue weighted by atomic mass is 10.2. The second-order valence-corrected chi connectivity index (χ2v) is 7.52. The molecule has 2 N–H and O–H groups in total. The Bertz CT molecular complexity index is 748. The Balaban J connectivity index is 2.01. The third-order valence-electron chi connectivity index (χ3n) is 4.12. The first-order chi connectivity index (χ1) is 11.8. The molecule has 1 aromatic rings.